The van der Waals surface area contributed by atoms with Crippen LogP contribution in [-0.2, 0) is 11.2 Å². The van der Waals surface area contributed by atoms with Crippen molar-refractivity contribution in [1.82, 2.24) is 14.9 Å². The minimum atomic E-state index is -0.0130. The predicted molar refractivity (Wildman–Crippen MR) is 93.5 cm³/mol. The summed E-state index contributed by atoms with van der Waals surface area (Å²) in [4.78, 5) is 22.0. The molecule has 1 aliphatic rings. The van der Waals surface area contributed by atoms with Crippen molar-refractivity contribution in [3.63, 3.8) is 0 Å². The molecular weight excluding hydrogens is 300 g/mol. The number of carbonyl (C=O) groups excluding carboxylic acids is 1. The van der Waals surface area contributed by atoms with E-state index in [9.17, 15) is 4.79 Å². The second-order valence-corrected chi connectivity index (χ2v) is 6.37. The number of hydrogen-bond donors (Lipinski definition) is 2. The molecule has 4 rings (SSSR count). The molecule has 2 atom stereocenters. The Morgan fingerprint density at radius 2 is 2.04 bits per heavy atom. The van der Waals surface area contributed by atoms with E-state index in [2.05, 4.69) is 22.1 Å². The van der Waals surface area contributed by atoms with Crippen LogP contribution in [0.15, 0.2) is 54.9 Å². The van der Waals surface area contributed by atoms with Crippen molar-refractivity contribution in [3.05, 3.63) is 66.0 Å². The maximum atomic E-state index is 12.7. The van der Waals surface area contributed by atoms with Crippen LogP contribution in [0.3, 0.4) is 0 Å². The topological polar surface area (TPSA) is 75.0 Å². The summed E-state index contributed by atoms with van der Waals surface area (Å²) < 4.78 is 0. The number of carbonyl (C=O) groups is 1. The summed E-state index contributed by atoms with van der Waals surface area (Å²) in [7, 11) is 0. The average molecular weight is 320 g/mol. The van der Waals surface area contributed by atoms with Crippen molar-refractivity contribution < 1.29 is 4.79 Å². The maximum absolute atomic E-state index is 12.7. The monoisotopic (exact) mass is 320 g/mol. The smallest absolute Gasteiger partial charge is 0.227 e. The van der Waals surface area contributed by atoms with Gasteiger partial charge in [-0.25, -0.2) is 4.98 Å². The number of aromatic amines is 1. The first kappa shape index (κ1) is 14.9. The van der Waals surface area contributed by atoms with E-state index >= 15 is 0 Å². The summed E-state index contributed by atoms with van der Waals surface area (Å²) in [5.41, 5.74) is 9.30. The number of nitrogens with two attached hydrogens (primary N) is 1. The molecule has 0 saturated carbocycles. The van der Waals surface area contributed by atoms with Gasteiger partial charge in [-0.3, -0.25) is 4.79 Å². The number of nitrogens with one attached hydrogen (secondary N) is 1. The quantitative estimate of drug-likeness (QED) is 0.775. The Balaban J connectivity index is 1.49. The van der Waals surface area contributed by atoms with Crippen LogP contribution in [0.5, 0.6) is 0 Å². The molecule has 1 fully saturated rings. The number of fused-ring (bicyclic) bond motifs is 1. The van der Waals surface area contributed by atoms with Gasteiger partial charge < -0.3 is 15.6 Å². The molecule has 5 heteroatoms. The molecule has 1 aliphatic heterocycles. The van der Waals surface area contributed by atoms with E-state index < -0.39 is 0 Å². The van der Waals surface area contributed by atoms with E-state index in [1.807, 2.05) is 41.4 Å². The molecular formula is C19H20N4O. The number of nitrogens with zero attached hydrogens (tertiary/aromatic N) is 2. The van der Waals surface area contributed by atoms with E-state index in [-0.39, 0.29) is 17.9 Å². The molecule has 0 spiro atoms. The lowest BCUT2D eigenvalue weighted by molar-refractivity contribution is -0.129. The lowest BCUT2D eigenvalue weighted by Crippen LogP contribution is -2.33. The molecule has 1 amide bonds. The van der Waals surface area contributed by atoms with Crippen LogP contribution in [0.1, 0.15) is 17.0 Å². The molecule has 0 unspecified atom stereocenters. The van der Waals surface area contributed by atoms with Gasteiger partial charge in [-0.05, 0) is 23.3 Å². The van der Waals surface area contributed by atoms with Gasteiger partial charge >= 0.3 is 0 Å². The third kappa shape index (κ3) is 2.67. The van der Waals surface area contributed by atoms with Crippen LogP contribution in [-0.4, -0.2) is 39.9 Å². The van der Waals surface area contributed by atoms with Gasteiger partial charge in [-0.15, -0.1) is 0 Å². The zero-order valence-electron chi connectivity index (χ0n) is 13.4. The fourth-order valence-corrected chi connectivity index (χ4v) is 3.52. The minimum absolute atomic E-state index is 0.0130. The van der Waals surface area contributed by atoms with E-state index in [1.54, 1.807) is 6.20 Å². The maximum Gasteiger partial charge on any atom is 0.227 e. The van der Waals surface area contributed by atoms with Gasteiger partial charge in [0.2, 0.25) is 5.91 Å². The Kier molecular flexibility index (Phi) is 3.78. The molecule has 0 bridgehead atoms. The number of pyridine rings is 1. The highest BCUT2D eigenvalue weighted by atomic mass is 16.2. The van der Waals surface area contributed by atoms with Crippen LogP contribution in [0.25, 0.3) is 11.0 Å². The van der Waals surface area contributed by atoms with Crippen molar-refractivity contribution >= 4 is 16.9 Å². The second-order valence-electron chi connectivity index (χ2n) is 6.37. The molecule has 0 aliphatic carbocycles. The Hall–Kier alpha value is -2.66. The zero-order valence-corrected chi connectivity index (χ0v) is 13.4. The number of aromatic nitrogens is 2. The lowest BCUT2D eigenvalue weighted by atomic mass is 9.95. The standard InChI is InChI=1S/C19H20N4O/c20-17-12-23(11-16(17)13-5-2-1-3-6-13)18(24)9-14-10-22-19-15(14)7-4-8-21-19/h1-8,10,16-17H,9,11-12,20H2,(H,21,22)/t16-,17+/m0/s1. The molecule has 1 aromatic carbocycles. The van der Waals surface area contributed by atoms with E-state index in [1.165, 1.54) is 5.56 Å². The highest BCUT2D eigenvalue weighted by molar-refractivity contribution is 5.87. The molecule has 5 nitrogen and oxygen atoms in total. The van der Waals surface area contributed by atoms with E-state index in [0.717, 1.165) is 16.6 Å². The highest BCUT2D eigenvalue weighted by Gasteiger charge is 2.33. The number of amides is 1. The number of benzene rings is 1. The van der Waals surface area contributed by atoms with Gasteiger partial charge in [0.25, 0.3) is 0 Å². The summed E-state index contributed by atoms with van der Waals surface area (Å²) in [5, 5.41) is 1.01. The first-order chi connectivity index (χ1) is 11.7. The van der Waals surface area contributed by atoms with Crippen LogP contribution in [0.4, 0.5) is 0 Å². The highest BCUT2D eigenvalue weighted by Crippen LogP contribution is 2.27. The first-order valence-electron chi connectivity index (χ1n) is 8.21. The predicted octanol–water partition coefficient (Wildman–Crippen LogP) is 2.06. The van der Waals surface area contributed by atoms with Gasteiger partial charge in [0.05, 0.1) is 6.42 Å². The average Bonchev–Trinajstić information content (AvgIpc) is 3.20. The van der Waals surface area contributed by atoms with Crippen LogP contribution in [0.2, 0.25) is 0 Å². The molecule has 3 heterocycles. The summed E-state index contributed by atoms with van der Waals surface area (Å²) >= 11 is 0. The number of H-pyrrole nitrogens is 1. The van der Waals surface area contributed by atoms with Crippen molar-refractivity contribution in [2.24, 2.45) is 5.73 Å². The zero-order chi connectivity index (χ0) is 16.5. The van der Waals surface area contributed by atoms with Crippen molar-refractivity contribution in [2.45, 2.75) is 18.4 Å². The molecule has 122 valence electrons. The van der Waals surface area contributed by atoms with Crippen LogP contribution < -0.4 is 5.73 Å². The van der Waals surface area contributed by atoms with Gasteiger partial charge in [0.1, 0.15) is 5.65 Å². The SMILES string of the molecule is N[C@@H]1CN(C(=O)Cc2c[nH]c3ncccc23)C[C@H]1c1ccccc1. The van der Waals surface area contributed by atoms with E-state index in [4.69, 9.17) is 5.73 Å². The summed E-state index contributed by atoms with van der Waals surface area (Å²) in [6.45, 7) is 1.30. The van der Waals surface area contributed by atoms with Gasteiger partial charge in [-0.1, -0.05) is 30.3 Å². The molecule has 2 aromatic heterocycles. The fraction of sp³-hybridized carbons (Fsp3) is 0.263. The van der Waals surface area contributed by atoms with Gasteiger partial charge in [0, 0.05) is 42.8 Å². The molecule has 0 radical (unpaired) electrons. The Labute approximate surface area is 140 Å². The lowest BCUT2D eigenvalue weighted by Gasteiger charge is -2.16. The van der Waals surface area contributed by atoms with Crippen molar-refractivity contribution in [2.75, 3.05) is 13.1 Å². The summed E-state index contributed by atoms with van der Waals surface area (Å²) in [6, 6.07) is 14.1. The number of likely N-dealkylation sites (tertiary alicyclic amines) is 1. The van der Waals surface area contributed by atoms with Gasteiger partial charge in [0.15, 0.2) is 0 Å². The molecule has 3 aromatic rings. The Morgan fingerprint density at radius 1 is 1.21 bits per heavy atom. The third-order valence-electron chi connectivity index (χ3n) is 4.82. The first-order valence-corrected chi connectivity index (χ1v) is 8.21. The molecule has 1 saturated heterocycles. The summed E-state index contributed by atoms with van der Waals surface area (Å²) in [6.07, 6.45) is 3.99. The molecule has 3 N–H and O–H groups in total. The van der Waals surface area contributed by atoms with Gasteiger partial charge in [-0.2, -0.15) is 0 Å². The Bertz CT molecular complexity index is 858. The van der Waals surface area contributed by atoms with Crippen molar-refractivity contribution in [3.8, 4) is 0 Å². The minimum Gasteiger partial charge on any atom is -0.346 e. The normalized spacial score (nSPS) is 20.6. The Morgan fingerprint density at radius 3 is 2.88 bits per heavy atom. The summed E-state index contributed by atoms with van der Waals surface area (Å²) in [5.74, 6) is 0.327. The fourth-order valence-electron chi connectivity index (χ4n) is 3.52. The molecule has 24 heavy (non-hydrogen) atoms. The largest absolute Gasteiger partial charge is 0.346 e. The van der Waals surface area contributed by atoms with Crippen molar-refractivity contribution in [1.29, 1.82) is 0 Å². The second kappa shape index (κ2) is 6.09. The number of rotatable bonds is 3. The van der Waals surface area contributed by atoms with Crippen LogP contribution in [0, 0.1) is 0 Å². The number of hydrogen-bond acceptors (Lipinski definition) is 3. The third-order valence-corrected chi connectivity index (χ3v) is 4.82. The van der Waals surface area contributed by atoms with Crippen LogP contribution >= 0.6 is 0 Å². The van der Waals surface area contributed by atoms with E-state index in [0.29, 0.717) is 19.5 Å².